The Hall–Kier alpha value is -4.08. The van der Waals surface area contributed by atoms with Gasteiger partial charge in [-0.3, -0.25) is 14.4 Å². The SMILES string of the molecule is O=C(O)CCNC(=O)CN1CCOc2ccc(NC(=O)NCc3ccccc3)cc2C1=O. The molecule has 0 spiro atoms. The number of anilines is 1. The third-order valence-electron chi connectivity index (χ3n) is 4.67. The molecule has 0 radical (unpaired) electrons. The predicted molar refractivity (Wildman–Crippen MR) is 115 cm³/mol. The van der Waals surface area contributed by atoms with E-state index in [1.807, 2.05) is 30.3 Å². The van der Waals surface area contributed by atoms with Gasteiger partial charge in [0.2, 0.25) is 5.91 Å². The molecule has 168 valence electrons. The highest BCUT2D eigenvalue weighted by Crippen LogP contribution is 2.26. The molecule has 1 aliphatic rings. The van der Waals surface area contributed by atoms with Gasteiger partial charge in [0, 0.05) is 18.8 Å². The van der Waals surface area contributed by atoms with Crippen LogP contribution >= 0.6 is 0 Å². The van der Waals surface area contributed by atoms with Gasteiger partial charge in [0.25, 0.3) is 5.91 Å². The summed E-state index contributed by atoms with van der Waals surface area (Å²) in [6.07, 6.45) is -0.201. The van der Waals surface area contributed by atoms with Crippen molar-refractivity contribution in [1.82, 2.24) is 15.5 Å². The Morgan fingerprint density at radius 2 is 1.84 bits per heavy atom. The van der Waals surface area contributed by atoms with E-state index in [0.29, 0.717) is 18.0 Å². The summed E-state index contributed by atoms with van der Waals surface area (Å²) in [5, 5.41) is 16.5. The highest BCUT2D eigenvalue weighted by atomic mass is 16.5. The summed E-state index contributed by atoms with van der Waals surface area (Å²) in [5.74, 6) is -1.54. The lowest BCUT2D eigenvalue weighted by Crippen LogP contribution is -2.42. The lowest BCUT2D eigenvalue weighted by Gasteiger charge is -2.19. The van der Waals surface area contributed by atoms with E-state index in [-0.39, 0.29) is 38.2 Å². The first kappa shape index (κ1) is 22.6. The zero-order chi connectivity index (χ0) is 22.9. The molecule has 0 saturated heterocycles. The number of amides is 4. The van der Waals surface area contributed by atoms with Gasteiger partial charge < -0.3 is 30.7 Å². The first-order valence-corrected chi connectivity index (χ1v) is 10.1. The normalized spacial score (nSPS) is 12.8. The number of rotatable bonds is 8. The van der Waals surface area contributed by atoms with Crippen LogP contribution in [0.1, 0.15) is 22.3 Å². The van der Waals surface area contributed by atoms with Crippen LogP contribution < -0.4 is 20.7 Å². The Kier molecular flexibility index (Phi) is 7.63. The Labute approximate surface area is 184 Å². The molecule has 1 heterocycles. The summed E-state index contributed by atoms with van der Waals surface area (Å²) in [6.45, 7) is 0.502. The van der Waals surface area contributed by atoms with Gasteiger partial charge in [-0.1, -0.05) is 30.3 Å². The fourth-order valence-electron chi connectivity index (χ4n) is 3.08. The van der Waals surface area contributed by atoms with Gasteiger partial charge in [-0.25, -0.2) is 4.79 Å². The largest absolute Gasteiger partial charge is 0.491 e. The summed E-state index contributed by atoms with van der Waals surface area (Å²) in [7, 11) is 0. The number of fused-ring (bicyclic) bond motifs is 1. The molecule has 0 atom stereocenters. The summed E-state index contributed by atoms with van der Waals surface area (Å²) in [4.78, 5) is 49.1. The van der Waals surface area contributed by atoms with Crippen LogP contribution in [-0.2, 0) is 16.1 Å². The second kappa shape index (κ2) is 10.8. The molecule has 10 nitrogen and oxygen atoms in total. The van der Waals surface area contributed by atoms with Crippen LogP contribution in [0.25, 0.3) is 0 Å². The monoisotopic (exact) mass is 440 g/mol. The average Bonchev–Trinajstić information content (AvgIpc) is 2.92. The van der Waals surface area contributed by atoms with Crippen molar-refractivity contribution >= 4 is 29.5 Å². The van der Waals surface area contributed by atoms with Crippen molar-refractivity contribution in [1.29, 1.82) is 0 Å². The number of carboxylic acid groups (broad SMARTS) is 1. The van der Waals surface area contributed by atoms with Gasteiger partial charge in [-0.05, 0) is 23.8 Å². The van der Waals surface area contributed by atoms with Gasteiger partial charge >= 0.3 is 12.0 Å². The molecule has 0 unspecified atom stereocenters. The Balaban J connectivity index is 1.61. The Morgan fingerprint density at radius 3 is 2.59 bits per heavy atom. The number of nitrogens with one attached hydrogen (secondary N) is 3. The average molecular weight is 440 g/mol. The van der Waals surface area contributed by atoms with E-state index >= 15 is 0 Å². The molecule has 0 aliphatic carbocycles. The number of hydrogen-bond donors (Lipinski definition) is 4. The predicted octanol–water partition coefficient (Wildman–Crippen LogP) is 1.43. The zero-order valence-electron chi connectivity index (χ0n) is 17.3. The smallest absolute Gasteiger partial charge is 0.319 e. The van der Waals surface area contributed by atoms with Gasteiger partial charge in [0.05, 0.1) is 25.1 Å². The number of urea groups is 1. The number of benzene rings is 2. The van der Waals surface area contributed by atoms with Gasteiger partial charge in [0.15, 0.2) is 0 Å². The third-order valence-corrected chi connectivity index (χ3v) is 4.67. The number of carbonyl (C=O) groups is 4. The number of carboxylic acids is 1. The molecule has 32 heavy (non-hydrogen) atoms. The number of aliphatic carboxylic acids is 1. The van der Waals surface area contributed by atoms with Crippen LogP contribution in [0.2, 0.25) is 0 Å². The highest BCUT2D eigenvalue weighted by molar-refractivity contribution is 6.01. The van der Waals surface area contributed by atoms with Crippen LogP contribution in [0.4, 0.5) is 10.5 Å². The van der Waals surface area contributed by atoms with E-state index in [1.165, 1.54) is 11.0 Å². The molecule has 0 saturated carbocycles. The summed E-state index contributed by atoms with van der Waals surface area (Å²) in [6, 6.07) is 13.7. The molecular weight excluding hydrogens is 416 g/mol. The van der Waals surface area contributed by atoms with E-state index in [4.69, 9.17) is 9.84 Å². The molecule has 4 amide bonds. The second-order valence-corrected chi connectivity index (χ2v) is 7.07. The Bertz CT molecular complexity index is 995. The van der Waals surface area contributed by atoms with Crippen molar-refractivity contribution < 1.29 is 29.0 Å². The molecule has 4 N–H and O–H groups in total. The quantitative estimate of drug-likeness (QED) is 0.490. The summed E-state index contributed by atoms with van der Waals surface area (Å²) in [5.41, 5.74) is 1.58. The van der Waals surface area contributed by atoms with E-state index in [0.717, 1.165) is 5.56 Å². The van der Waals surface area contributed by atoms with Crippen molar-refractivity contribution in [2.24, 2.45) is 0 Å². The standard InChI is InChI=1S/C22H24N4O6/c27-19(23-9-8-20(28)29)14-26-10-11-32-18-7-6-16(12-17(18)21(26)30)25-22(31)24-13-15-4-2-1-3-5-15/h1-7,12H,8-11,13-14H2,(H,23,27)(H,28,29)(H2,24,25,31). The fraction of sp³-hybridized carbons (Fsp3) is 0.273. The van der Waals surface area contributed by atoms with Crippen molar-refractivity contribution in [3.05, 3.63) is 59.7 Å². The van der Waals surface area contributed by atoms with Crippen LogP contribution in [-0.4, -0.2) is 60.1 Å². The van der Waals surface area contributed by atoms with Crippen LogP contribution in [0.15, 0.2) is 48.5 Å². The first-order valence-electron chi connectivity index (χ1n) is 10.1. The van der Waals surface area contributed by atoms with Crippen LogP contribution in [0.3, 0.4) is 0 Å². The first-order chi connectivity index (χ1) is 15.4. The molecule has 0 aromatic heterocycles. The van der Waals surface area contributed by atoms with Crippen molar-refractivity contribution in [2.45, 2.75) is 13.0 Å². The molecule has 2 aromatic rings. The third kappa shape index (κ3) is 6.46. The van der Waals surface area contributed by atoms with E-state index in [9.17, 15) is 19.2 Å². The van der Waals surface area contributed by atoms with E-state index in [1.54, 1.807) is 12.1 Å². The number of hydrogen-bond acceptors (Lipinski definition) is 5. The number of carbonyl (C=O) groups excluding carboxylic acids is 3. The molecule has 10 heteroatoms. The Morgan fingerprint density at radius 1 is 1.06 bits per heavy atom. The van der Waals surface area contributed by atoms with Gasteiger partial charge in [-0.15, -0.1) is 0 Å². The second-order valence-electron chi connectivity index (χ2n) is 7.07. The highest BCUT2D eigenvalue weighted by Gasteiger charge is 2.25. The number of ether oxygens (including phenoxy) is 1. The van der Waals surface area contributed by atoms with Crippen molar-refractivity contribution in [2.75, 3.05) is 31.6 Å². The minimum absolute atomic E-state index is 0.0184. The van der Waals surface area contributed by atoms with Gasteiger partial charge in [-0.2, -0.15) is 0 Å². The molecule has 2 aromatic carbocycles. The topological polar surface area (TPSA) is 137 Å². The molecule has 1 aliphatic heterocycles. The molecular formula is C22H24N4O6. The lowest BCUT2D eigenvalue weighted by molar-refractivity contribution is -0.136. The molecule has 0 fully saturated rings. The van der Waals surface area contributed by atoms with Gasteiger partial charge in [0.1, 0.15) is 12.4 Å². The maximum absolute atomic E-state index is 12.9. The van der Waals surface area contributed by atoms with E-state index in [2.05, 4.69) is 16.0 Å². The maximum Gasteiger partial charge on any atom is 0.319 e. The van der Waals surface area contributed by atoms with Crippen LogP contribution in [0, 0.1) is 0 Å². The van der Waals surface area contributed by atoms with E-state index < -0.39 is 23.8 Å². The molecule has 3 rings (SSSR count). The van der Waals surface area contributed by atoms with Crippen LogP contribution in [0.5, 0.6) is 5.75 Å². The molecule has 0 bridgehead atoms. The number of nitrogens with zero attached hydrogens (tertiary/aromatic N) is 1. The maximum atomic E-state index is 12.9. The van der Waals surface area contributed by atoms with Crippen molar-refractivity contribution in [3.63, 3.8) is 0 Å². The summed E-state index contributed by atoms with van der Waals surface area (Å²) < 4.78 is 5.61. The lowest BCUT2D eigenvalue weighted by atomic mass is 10.1. The minimum Gasteiger partial charge on any atom is -0.491 e. The minimum atomic E-state index is -1.02. The zero-order valence-corrected chi connectivity index (χ0v) is 17.3. The summed E-state index contributed by atoms with van der Waals surface area (Å²) >= 11 is 0. The van der Waals surface area contributed by atoms with Crippen molar-refractivity contribution in [3.8, 4) is 5.75 Å². The fourth-order valence-corrected chi connectivity index (χ4v) is 3.08.